The Balaban J connectivity index is 1.60. The van der Waals surface area contributed by atoms with Crippen LogP contribution in [0.4, 0.5) is 26.3 Å². The smallest absolute Gasteiger partial charge is 0.417 e. The van der Waals surface area contributed by atoms with Gasteiger partial charge in [0.15, 0.2) is 17.3 Å². The number of piperidine rings is 1. The number of aromatic nitrogens is 5. The number of aryl methyl sites for hydroxylation is 1. The van der Waals surface area contributed by atoms with Crippen molar-refractivity contribution in [1.29, 1.82) is 0 Å². The van der Waals surface area contributed by atoms with E-state index in [1.807, 2.05) is 0 Å². The number of rotatable bonds is 5. The summed E-state index contributed by atoms with van der Waals surface area (Å²) in [6.45, 7) is 0.297. The molecule has 1 fully saturated rings. The fourth-order valence-electron chi connectivity index (χ4n) is 4.02. The van der Waals surface area contributed by atoms with Crippen LogP contribution in [0.1, 0.15) is 29.4 Å². The predicted octanol–water partition coefficient (Wildman–Crippen LogP) is 3.99. The summed E-state index contributed by atoms with van der Waals surface area (Å²) in [5.74, 6) is -5.65. The first-order valence-electron chi connectivity index (χ1n) is 10.7. The van der Waals surface area contributed by atoms with Crippen molar-refractivity contribution < 1.29 is 35.9 Å². The average molecular weight is 514 g/mol. The number of halogens is 6. The van der Waals surface area contributed by atoms with Gasteiger partial charge in [0.1, 0.15) is 6.61 Å². The molecule has 0 aliphatic carbocycles. The number of ether oxygens (including phenoxy) is 1. The highest BCUT2D eigenvalue weighted by atomic mass is 19.4. The molecule has 4 heterocycles. The number of pyridine rings is 1. The molecule has 192 valence electrons. The van der Waals surface area contributed by atoms with Crippen molar-refractivity contribution in [1.82, 2.24) is 29.6 Å². The van der Waals surface area contributed by atoms with Crippen molar-refractivity contribution in [3.63, 3.8) is 0 Å². The minimum Gasteiger partial charge on any atom is -0.475 e. The highest BCUT2D eigenvalue weighted by Gasteiger charge is 2.47. The summed E-state index contributed by atoms with van der Waals surface area (Å²) in [6.07, 6.45) is -1.31. The number of likely N-dealkylation sites (tertiary alicyclic amines) is 1. The Kier molecular flexibility index (Phi) is 6.62. The van der Waals surface area contributed by atoms with E-state index in [2.05, 4.69) is 20.1 Å². The highest BCUT2D eigenvalue weighted by Crippen LogP contribution is 2.36. The van der Waals surface area contributed by atoms with Crippen LogP contribution in [-0.4, -0.2) is 60.7 Å². The van der Waals surface area contributed by atoms with Gasteiger partial charge >= 0.3 is 6.18 Å². The van der Waals surface area contributed by atoms with Crippen LogP contribution in [0.15, 0.2) is 36.9 Å². The van der Waals surface area contributed by atoms with Crippen molar-refractivity contribution in [2.24, 2.45) is 13.0 Å². The van der Waals surface area contributed by atoms with E-state index in [4.69, 9.17) is 4.74 Å². The standard InChI is InChI=1S/C22H20F6N6O2/c1-12-5-21(24,25)11-34(16(12)10-36-17-4-3-13(6-29-17)22(26,27)28)20(35)18-15(9-33(2)32-18)19-30-7-14(23)8-31-19/h3-4,6-9,12,16H,5,10-11H2,1-2H3. The second kappa shape index (κ2) is 9.39. The second-order valence-corrected chi connectivity index (χ2v) is 8.52. The van der Waals surface area contributed by atoms with Crippen LogP contribution in [0.5, 0.6) is 5.88 Å². The van der Waals surface area contributed by atoms with Gasteiger partial charge < -0.3 is 9.64 Å². The van der Waals surface area contributed by atoms with Gasteiger partial charge in [-0.1, -0.05) is 6.92 Å². The molecule has 0 radical (unpaired) electrons. The first-order valence-corrected chi connectivity index (χ1v) is 10.7. The lowest BCUT2D eigenvalue weighted by Gasteiger charge is -2.42. The quantitative estimate of drug-likeness (QED) is 0.479. The molecule has 1 amide bonds. The summed E-state index contributed by atoms with van der Waals surface area (Å²) in [5, 5.41) is 4.09. The fraction of sp³-hybridized carbons (Fsp3) is 0.409. The largest absolute Gasteiger partial charge is 0.475 e. The van der Waals surface area contributed by atoms with Gasteiger partial charge in [0, 0.05) is 31.9 Å². The van der Waals surface area contributed by atoms with Crippen LogP contribution in [0.3, 0.4) is 0 Å². The lowest BCUT2D eigenvalue weighted by atomic mass is 9.88. The summed E-state index contributed by atoms with van der Waals surface area (Å²) in [6, 6.07) is 0.928. The summed E-state index contributed by atoms with van der Waals surface area (Å²) >= 11 is 0. The van der Waals surface area contributed by atoms with Crippen molar-refractivity contribution in [3.05, 3.63) is 54.0 Å². The van der Waals surface area contributed by atoms with Gasteiger partial charge in [0.2, 0.25) is 5.88 Å². The minimum absolute atomic E-state index is 0.0218. The third-order valence-electron chi connectivity index (χ3n) is 5.70. The van der Waals surface area contributed by atoms with Gasteiger partial charge in [-0.25, -0.2) is 28.1 Å². The van der Waals surface area contributed by atoms with E-state index in [1.165, 1.54) is 24.9 Å². The molecule has 2 unspecified atom stereocenters. The van der Waals surface area contributed by atoms with Crippen LogP contribution >= 0.6 is 0 Å². The Morgan fingerprint density at radius 2 is 1.86 bits per heavy atom. The first-order chi connectivity index (χ1) is 16.8. The summed E-state index contributed by atoms with van der Waals surface area (Å²) < 4.78 is 87.3. The van der Waals surface area contributed by atoms with E-state index in [9.17, 15) is 31.1 Å². The number of carbonyl (C=O) groups is 1. The molecule has 1 aliphatic rings. The second-order valence-electron chi connectivity index (χ2n) is 8.52. The SMILES string of the molecule is CC1CC(F)(F)CN(C(=O)c2nn(C)cc2-c2ncc(F)cn2)C1COc1ccc(C(F)(F)F)cn1. The topological polar surface area (TPSA) is 86.0 Å². The van der Waals surface area contributed by atoms with Crippen LogP contribution in [0, 0.1) is 11.7 Å². The molecule has 0 spiro atoms. The number of hydrogen-bond acceptors (Lipinski definition) is 6. The fourth-order valence-corrected chi connectivity index (χ4v) is 4.02. The van der Waals surface area contributed by atoms with Crippen LogP contribution in [0.25, 0.3) is 11.4 Å². The molecule has 4 rings (SSSR count). The molecule has 0 N–H and O–H groups in total. The van der Waals surface area contributed by atoms with Crippen LogP contribution in [-0.2, 0) is 13.2 Å². The molecule has 3 aromatic rings. The van der Waals surface area contributed by atoms with E-state index in [0.29, 0.717) is 6.20 Å². The molecular formula is C22H20F6N6O2. The molecule has 14 heteroatoms. The highest BCUT2D eigenvalue weighted by molar-refractivity contribution is 5.98. The van der Waals surface area contributed by atoms with E-state index in [0.717, 1.165) is 29.4 Å². The molecule has 0 bridgehead atoms. The van der Waals surface area contributed by atoms with E-state index in [-0.39, 0.29) is 29.6 Å². The summed E-state index contributed by atoms with van der Waals surface area (Å²) in [5.41, 5.74) is -1.07. The number of amides is 1. The molecule has 0 saturated carbocycles. The summed E-state index contributed by atoms with van der Waals surface area (Å²) in [4.78, 5) is 25.7. The van der Waals surface area contributed by atoms with Gasteiger partial charge in [-0.2, -0.15) is 18.3 Å². The number of carbonyl (C=O) groups excluding carboxylic acids is 1. The van der Waals surface area contributed by atoms with E-state index in [1.54, 1.807) is 0 Å². The lowest BCUT2D eigenvalue weighted by Crippen LogP contribution is -2.57. The average Bonchev–Trinajstić information content (AvgIpc) is 3.19. The van der Waals surface area contributed by atoms with Crippen LogP contribution in [0.2, 0.25) is 0 Å². The Morgan fingerprint density at radius 3 is 2.47 bits per heavy atom. The van der Waals surface area contributed by atoms with Crippen molar-refractivity contribution in [2.75, 3.05) is 13.2 Å². The first kappa shape index (κ1) is 25.4. The third kappa shape index (κ3) is 5.41. The Labute approximate surface area is 200 Å². The zero-order valence-corrected chi connectivity index (χ0v) is 19.0. The van der Waals surface area contributed by atoms with Gasteiger partial charge in [0.25, 0.3) is 11.8 Å². The van der Waals surface area contributed by atoms with Crippen LogP contribution < -0.4 is 4.74 Å². The molecule has 2 atom stereocenters. The van der Waals surface area contributed by atoms with E-state index < -0.39 is 54.3 Å². The third-order valence-corrected chi connectivity index (χ3v) is 5.70. The zero-order valence-electron chi connectivity index (χ0n) is 19.0. The monoisotopic (exact) mass is 514 g/mol. The Morgan fingerprint density at radius 1 is 1.17 bits per heavy atom. The molecule has 36 heavy (non-hydrogen) atoms. The molecule has 1 aliphatic heterocycles. The molecule has 1 saturated heterocycles. The number of nitrogens with zero attached hydrogens (tertiary/aromatic N) is 6. The lowest BCUT2D eigenvalue weighted by molar-refractivity contribution is -0.137. The maximum absolute atomic E-state index is 14.5. The van der Waals surface area contributed by atoms with Crippen molar-refractivity contribution in [3.8, 4) is 17.3 Å². The number of alkyl halides is 5. The predicted molar refractivity (Wildman–Crippen MR) is 112 cm³/mol. The van der Waals surface area contributed by atoms with Crippen molar-refractivity contribution >= 4 is 5.91 Å². The molecular weight excluding hydrogens is 494 g/mol. The Bertz CT molecular complexity index is 1230. The maximum Gasteiger partial charge on any atom is 0.417 e. The molecule has 8 nitrogen and oxygen atoms in total. The van der Waals surface area contributed by atoms with Gasteiger partial charge in [0.05, 0.1) is 36.1 Å². The maximum atomic E-state index is 14.5. The zero-order chi connectivity index (χ0) is 26.3. The molecule has 3 aromatic heterocycles. The Hall–Kier alpha value is -3.71. The van der Waals surface area contributed by atoms with Crippen molar-refractivity contribution in [2.45, 2.75) is 31.5 Å². The minimum atomic E-state index is -4.58. The van der Waals surface area contributed by atoms with E-state index >= 15 is 0 Å². The van der Waals surface area contributed by atoms with Gasteiger partial charge in [-0.15, -0.1) is 0 Å². The molecule has 0 aromatic carbocycles. The van der Waals surface area contributed by atoms with Gasteiger partial charge in [-0.3, -0.25) is 9.48 Å². The summed E-state index contributed by atoms with van der Waals surface area (Å²) in [7, 11) is 1.51. The normalized spacial score (nSPS) is 19.8. The number of hydrogen-bond donors (Lipinski definition) is 0. The van der Waals surface area contributed by atoms with Gasteiger partial charge in [-0.05, 0) is 12.0 Å².